The van der Waals surface area contributed by atoms with Crippen LogP contribution in [-0.4, -0.2) is 83.5 Å². The van der Waals surface area contributed by atoms with Crippen LogP contribution in [0.3, 0.4) is 0 Å². The number of benzene rings is 1. The van der Waals surface area contributed by atoms with Gasteiger partial charge in [-0.25, -0.2) is 9.97 Å². The van der Waals surface area contributed by atoms with E-state index < -0.39 is 0 Å². The number of rotatable bonds is 9. The molecular weight excluding hydrogens is 474 g/mol. The number of nitrogens with one attached hydrogen (secondary N) is 2. The SMILES string of the molecule is CCN(CC)CCNC(=O)/C=C/c1cc2nc(-c3cccc4[nH]ncc34)nc(N3CCOCC3)c2s1. The predicted octanol–water partition coefficient (Wildman–Crippen LogP) is 3.54. The monoisotopic (exact) mass is 505 g/mol. The number of nitrogens with zero attached hydrogens (tertiary/aromatic N) is 5. The number of thiophene rings is 1. The Bertz CT molecular complexity index is 1370. The van der Waals surface area contributed by atoms with E-state index in [4.69, 9.17) is 14.7 Å². The number of likely N-dealkylation sites (N-methyl/N-ethyl adjacent to an activating group) is 1. The lowest BCUT2D eigenvalue weighted by Gasteiger charge is -2.28. The van der Waals surface area contributed by atoms with E-state index >= 15 is 0 Å². The maximum atomic E-state index is 12.4. The zero-order chi connectivity index (χ0) is 24.9. The molecule has 5 rings (SSSR count). The highest BCUT2D eigenvalue weighted by atomic mass is 32.1. The van der Waals surface area contributed by atoms with Crippen LogP contribution >= 0.6 is 11.3 Å². The molecule has 0 atom stereocenters. The van der Waals surface area contributed by atoms with Crippen molar-refractivity contribution in [1.82, 2.24) is 30.4 Å². The number of aromatic nitrogens is 4. The smallest absolute Gasteiger partial charge is 0.244 e. The third-order valence-electron chi connectivity index (χ3n) is 6.43. The number of fused-ring (bicyclic) bond motifs is 2. The van der Waals surface area contributed by atoms with Crippen molar-refractivity contribution >= 4 is 50.3 Å². The van der Waals surface area contributed by atoms with Gasteiger partial charge in [0.15, 0.2) is 11.6 Å². The molecule has 4 heterocycles. The van der Waals surface area contributed by atoms with Crippen molar-refractivity contribution < 1.29 is 9.53 Å². The number of ether oxygens (including phenoxy) is 1. The van der Waals surface area contributed by atoms with Crippen LogP contribution in [0.25, 0.3) is 38.6 Å². The second-order valence-electron chi connectivity index (χ2n) is 8.62. The molecule has 10 heteroatoms. The quantitative estimate of drug-likeness (QED) is 0.336. The lowest BCUT2D eigenvalue weighted by molar-refractivity contribution is -0.116. The fraction of sp³-hybridized carbons (Fsp3) is 0.385. The van der Waals surface area contributed by atoms with Crippen molar-refractivity contribution in [2.75, 3.05) is 57.4 Å². The number of morpholine rings is 1. The highest BCUT2D eigenvalue weighted by Crippen LogP contribution is 2.36. The van der Waals surface area contributed by atoms with Crippen LogP contribution in [0.5, 0.6) is 0 Å². The van der Waals surface area contributed by atoms with Gasteiger partial charge < -0.3 is 19.9 Å². The van der Waals surface area contributed by atoms with Crippen molar-refractivity contribution in [2.45, 2.75) is 13.8 Å². The summed E-state index contributed by atoms with van der Waals surface area (Å²) >= 11 is 1.60. The van der Waals surface area contributed by atoms with Crippen LogP contribution in [0.1, 0.15) is 18.7 Å². The second-order valence-corrected chi connectivity index (χ2v) is 9.71. The average molecular weight is 506 g/mol. The highest BCUT2D eigenvalue weighted by molar-refractivity contribution is 7.20. The normalized spacial score (nSPS) is 14.5. The zero-order valence-electron chi connectivity index (χ0n) is 20.7. The van der Waals surface area contributed by atoms with Crippen molar-refractivity contribution in [3.8, 4) is 11.4 Å². The molecular formula is C26H31N7O2S. The Kier molecular flexibility index (Phi) is 7.55. The third-order valence-corrected chi connectivity index (χ3v) is 7.52. The summed E-state index contributed by atoms with van der Waals surface area (Å²) in [5, 5.41) is 11.2. The first kappa shape index (κ1) is 24.4. The number of H-pyrrole nitrogens is 1. The summed E-state index contributed by atoms with van der Waals surface area (Å²) in [4.78, 5) is 27.8. The van der Waals surface area contributed by atoms with Gasteiger partial charge in [0.2, 0.25) is 5.91 Å². The molecule has 0 spiro atoms. The van der Waals surface area contributed by atoms with E-state index in [2.05, 4.69) is 39.2 Å². The summed E-state index contributed by atoms with van der Waals surface area (Å²) in [6.45, 7) is 10.6. The minimum absolute atomic E-state index is 0.0913. The minimum atomic E-state index is -0.0913. The largest absolute Gasteiger partial charge is 0.378 e. The molecule has 9 nitrogen and oxygen atoms in total. The molecule has 188 valence electrons. The Balaban J connectivity index is 1.44. The number of hydrogen-bond donors (Lipinski definition) is 2. The van der Waals surface area contributed by atoms with E-state index in [0.717, 1.165) is 70.1 Å². The van der Waals surface area contributed by atoms with Gasteiger partial charge in [0, 0.05) is 48.1 Å². The molecule has 1 aromatic carbocycles. The van der Waals surface area contributed by atoms with Crippen LogP contribution in [0.4, 0.5) is 5.82 Å². The van der Waals surface area contributed by atoms with Gasteiger partial charge in [0.1, 0.15) is 0 Å². The maximum Gasteiger partial charge on any atom is 0.244 e. The van der Waals surface area contributed by atoms with E-state index in [0.29, 0.717) is 25.6 Å². The van der Waals surface area contributed by atoms with Gasteiger partial charge in [-0.05, 0) is 31.3 Å². The Labute approximate surface area is 214 Å². The molecule has 1 aliphatic rings. The molecule has 3 aromatic heterocycles. The van der Waals surface area contributed by atoms with Gasteiger partial charge in [-0.3, -0.25) is 9.89 Å². The summed E-state index contributed by atoms with van der Waals surface area (Å²) < 4.78 is 6.59. The number of carbonyl (C=O) groups excluding carboxylic acids is 1. The number of aromatic amines is 1. The zero-order valence-corrected chi connectivity index (χ0v) is 21.5. The Hall–Kier alpha value is -3.34. The summed E-state index contributed by atoms with van der Waals surface area (Å²) in [6, 6.07) is 8.04. The predicted molar refractivity (Wildman–Crippen MR) is 145 cm³/mol. The first-order chi connectivity index (χ1) is 17.7. The summed E-state index contributed by atoms with van der Waals surface area (Å²) in [5.74, 6) is 1.48. The van der Waals surface area contributed by atoms with E-state index in [9.17, 15) is 4.79 Å². The van der Waals surface area contributed by atoms with Gasteiger partial charge in [0.05, 0.1) is 35.1 Å². The van der Waals surface area contributed by atoms with Crippen molar-refractivity contribution in [3.05, 3.63) is 41.4 Å². The fourth-order valence-electron chi connectivity index (χ4n) is 4.38. The Morgan fingerprint density at radius 2 is 2.08 bits per heavy atom. The fourth-order valence-corrected chi connectivity index (χ4v) is 5.40. The van der Waals surface area contributed by atoms with E-state index in [1.165, 1.54) is 0 Å². The van der Waals surface area contributed by atoms with Gasteiger partial charge in [-0.15, -0.1) is 11.3 Å². The van der Waals surface area contributed by atoms with Crippen LogP contribution in [-0.2, 0) is 9.53 Å². The maximum absolute atomic E-state index is 12.4. The van der Waals surface area contributed by atoms with Crippen LogP contribution < -0.4 is 10.2 Å². The van der Waals surface area contributed by atoms with E-state index in [1.807, 2.05) is 36.5 Å². The first-order valence-electron chi connectivity index (χ1n) is 12.4. The second kappa shape index (κ2) is 11.2. The molecule has 1 aliphatic heterocycles. The van der Waals surface area contributed by atoms with Crippen LogP contribution in [0, 0.1) is 0 Å². The molecule has 0 aliphatic carbocycles. The lowest BCUT2D eigenvalue weighted by Crippen LogP contribution is -2.36. The molecule has 1 fully saturated rings. The molecule has 0 bridgehead atoms. The number of hydrogen-bond acceptors (Lipinski definition) is 8. The van der Waals surface area contributed by atoms with Gasteiger partial charge in [-0.1, -0.05) is 26.0 Å². The molecule has 0 unspecified atom stereocenters. The van der Waals surface area contributed by atoms with Gasteiger partial charge >= 0.3 is 0 Å². The van der Waals surface area contributed by atoms with Crippen molar-refractivity contribution in [2.24, 2.45) is 0 Å². The minimum Gasteiger partial charge on any atom is -0.378 e. The van der Waals surface area contributed by atoms with Gasteiger partial charge in [0.25, 0.3) is 0 Å². The molecule has 1 amide bonds. The van der Waals surface area contributed by atoms with E-state index in [1.54, 1.807) is 17.4 Å². The standard InChI is InChI=1S/C26H31N7O2S/c1-3-32(4-2)11-10-27-23(34)9-8-18-16-22-24(36-18)26(33-12-14-35-15-13-33)30-25(29-22)19-6-5-7-21-20(19)17-28-31-21/h5-9,16-17H,3-4,10-15H2,1-2H3,(H,27,34)(H,28,31)/b9-8+. The topological polar surface area (TPSA) is 99.3 Å². The number of anilines is 1. The molecule has 2 N–H and O–H groups in total. The van der Waals surface area contributed by atoms with Gasteiger partial charge in [-0.2, -0.15) is 5.10 Å². The van der Waals surface area contributed by atoms with Crippen molar-refractivity contribution in [1.29, 1.82) is 0 Å². The lowest BCUT2D eigenvalue weighted by atomic mass is 10.1. The Morgan fingerprint density at radius 3 is 2.89 bits per heavy atom. The number of carbonyl (C=O) groups is 1. The van der Waals surface area contributed by atoms with Crippen LogP contribution in [0.2, 0.25) is 0 Å². The molecule has 36 heavy (non-hydrogen) atoms. The molecule has 0 radical (unpaired) electrons. The molecule has 1 saturated heterocycles. The summed E-state index contributed by atoms with van der Waals surface area (Å²) in [5.41, 5.74) is 2.76. The molecule has 4 aromatic rings. The summed E-state index contributed by atoms with van der Waals surface area (Å²) in [7, 11) is 0. The Morgan fingerprint density at radius 1 is 1.25 bits per heavy atom. The molecule has 0 saturated carbocycles. The highest BCUT2D eigenvalue weighted by Gasteiger charge is 2.20. The third kappa shape index (κ3) is 5.25. The van der Waals surface area contributed by atoms with E-state index in [-0.39, 0.29) is 5.91 Å². The van der Waals surface area contributed by atoms with Crippen LogP contribution in [0.15, 0.2) is 36.5 Å². The number of amides is 1. The first-order valence-corrected chi connectivity index (χ1v) is 13.2. The average Bonchev–Trinajstić information content (AvgIpc) is 3.56. The summed E-state index contributed by atoms with van der Waals surface area (Å²) in [6.07, 6.45) is 5.27. The van der Waals surface area contributed by atoms with Crippen molar-refractivity contribution in [3.63, 3.8) is 0 Å².